The summed E-state index contributed by atoms with van der Waals surface area (Å²) in [6.45, 7) is 1.31. The van der Waals surface area contributed by atoms with Crippen LogP contribution in [0.2, 0.25) is 0 Å². The summed E-state index contributed by atoms with van der Waals surface area (Å²) in [5, 5.41) is 16.0. The first-order valence-electron chi connectivity index (χ1n) is 13.3. The molecule has 41 heavy (non-hydrogen) atoms. The topological polar surface area (TPSA) is 164 Å². The number of nitrogens with one attached hydrogen (secondary N) is 2. The molecule has 1 aliphatic carbocycles. The van der Waals surface area contributed by atoms with Gasteiger partial charge in [0.25, 0.3) is 11.8 Å². The Bertz CT molecular complexity index is 1550. The first kappa shape index (κ1) is 29.0. The number of benzene rings is 2. The lowest BCUT2D eigenvalue weighted by molar-refractivity contribution is -0.133. The van der Waals surface area contributed by atoms with Crippen molar-refractivity contribution in [3.05, 3.63) is 53.9 Å². The zero-order valence-corrected chi connectivity index (χ0v) is 23.7. The fourth-order valence-corrected chi connectivity index (χ4v) is 7.30. The lowest BCUT2D eigenvalue weighted by Gasteiger charge is -2.39. The highest BCUT2D eigenvalue weighted by molar-refractivity contribution is 7.93. The molecule has 12 nitrogen and oxygen atoms in total. The molecule has 2 fully saturated rings. The lowest BCUT2D eigenvalue weighted by Crippen LogP contribution is -2.58. The van der Waals surface area contributed by atoms with Gasteiger partial charge in [-0.1, -0.05) is 5.16 Å². The van der Waals surface area contributed by atoms with E-state index in [0.29, 0.717) is 67.2 Å². The molecule has 3 aromatic rings. The van der Waals surface area contributed by atoms with Gasteiger partial charge in [-0.25, -0.2) is 13.9 Å². The number of piperidine rings is 1. The van der Waals surface area contributed by atoms with Crippen molar-refractivity contribution < 1.29 is 32.5 Å². The third kappa shape index (κ3) is 5.42. The molecule has 1 saturated heterocycles. The minimum atomic E-state index is -4.07. The number of nitrogens with zero attached hydrogens (tertiary/aromatic N) is 3. The van der Waals surface area contributed by atoms with Crippen molar-refractivity contribution in [3.8, 4) is 17.1 Å². The molecule has 0 atom stereocenters. The smallest absolute Gasteiger partial charge is 0.265 e. The number of carbonyl (C=O) groups is 2. The van der Waals surface area contributed by atoms with Crippen LogP contribution in [-0.2, 0) is 21.1 Å². The summed E-state index contributed by atoms with van der Waals surface area (Å²) in [5.41, 5.74) is 3.67. The van der Waals surface area contributed by atoms with Crippen molar-refractivity contribution in [2.75, 3.05) is 25.0 Å². The molecule has 3 aliphatic rings. The molecule has 1 saturated carbocycles. The Kier molecular flexibility index (Phi) is 8.06. The molecular formula is C27H30ClN5O7S. The second kappa shape index (κ2) is 11.4. The number of hydroxylamine groups is 1. The maximum absolute atomic E-state index is 13.6. The van der Waals surface area contributed by atoms with Crippen LogP contribution in [0.4, 0.5) is 5.69 Å². The number of aromatic nitrogens is 2. The van der Waals surface area contributed by atoms with Crippen LogP contribution in [0, 0.1) is 0 Å². The molecule has 0 radical (unpaired) electrons. The number of aryl methyl sites for hydroxylation is 1. The first-order chi connectivity index (χ1) is 19.3. The highest BCUT2D eigenvalue weighted by atomic mass is 35.5. The molecule has 6 rings (SSSR count). The van der Waals surface area contributed by atoms with E-state index in [1.165, 1.54) is 12.1 Å². The SMILES string of the molecule is Cl.O=C1Nc2ccc(-c3noc(CCCOc4ccc(S(=O)(=O)C5(C(=O)NO)CCN(C6CC6)CC5)cc4)n3)cc21. The molecular weight excluding hydrogens is 574 g/mol. The van der Waals surface area contributed by atoms with Gasteiger partial charge in [-0.3, -0.25) is 14.8 Å². The maximum atomic E-state index is 13.6. The largest absolute Gasteiger partial charge is 0.494 e. The van der Waals surface area contributed by atoms with E-state index in [4.69, 9.17) is 9.26 Å². The van der Waals surface area contributed by atoms with E-state index in [0.717, 1.165) is 18.5 Å². The van der Waals surface area contributed by atoms with Crippen LogP contribution < -0.4 is 15.5 Å². The van der Waals surface area contributed by atoms with Gasteiger partial charge in [0.15, 0.2) is 14.6 Å². The second-order valence-corrected chi connectivity index (χ2v) is 12.6. The van der Waals surface area contributed by atoms with Crippen molar-refractivity contribution in [1.82, 2.24) is 20.5 Å². The molecule has 0 bridgehead atoms. The zero-order valence-electron chi connectivity index (χ0n) is 22.0. The summed E-state index contributed by atoms with van der Waals surface area (Å²) in [7, 11) is -4.07. The third-order valence-corrected chi connectivity index (χ3v) is 10.4. The van der Waals surface area contributed by atoms with Crippen molar-refractivity contribution in [2.24, 2.45) is 0 Å². The number of anilines is 1. The van der Waals surface area contributed by atoms with Crippen molar-refractivity contribution in [1.29, 1.82) is 0 Å². The van der Waals surface area contributed by atoms with Gasteiger partial charge in [0, 0.05) is 31.1 Å². The molecule has 14 heteroatoms. The Hall–Kier alpha value is -3.52. The first-order valence-corrected chi connectivity index (χ1v) is 14.7. The van der Waals surface area contributed by atoms with E-state index in [2.05, 4.69) is 20.4 Å². The third-order valence-electron chi connectivity index (χ3n) is 7.88. The van der Waals surface area contributed by atoms with Crippen LogP contribution in [0.3, 0.4) is 0 Å². The number of hydrogen-bond donors (Lipinski definition) is 3. The number of fused-ring (bicyclic) bond motifs is 1. The number of amides is 2. The van der Waals surface area contributed by atoms with Crippen LogP contribution >= 0.6 is 12.4 Å². The Balaban J connectivity index is 0.00000337. The van der Waals surface area contributed by atoms with Gasteiger partial charge in [0.2, 0.25) is 11.7 Å². The van der Waals surface area contributed by atoms with E-state index in [1.54, 1.807) is 29.7 Å². The van der Waals surface area contributed by atoms with Crippen LogP contribution in [0.15, 0.2) is 51.9 Å². The summed E-state index contributed by atoms with van der Waals surface area (Å²) in [4.78, 5) is 30.9. The van der Waals surface area contributed by atoms with E-state index >= 15 is 0 Å². The van der Waals surface area contributed by atoms with E-state index in [9.17, 15) is 23.2 Å². The van der Waals surface area contributed by atoms with Crippen LogP contribution in [-0.4, -0.2) is 71.0 Å². The quantitative estimate of drug-likeness (QED) is 0.178. The number of halogens is 1. The molecule has 1 aromatic heterocycles. The fourth-order valence-electron chi connectivity index (χ4n) is 5.34. The summed E-state index contributed by atoms with van der Waals surface area (Å²) in [6, 6.07) is 11.8. The minimum Gasteiger partial charge on any atom is -0.494 e. The normalized spacial score (nSPS) is 17.9. The van der Waals surface area contributed by atoms with Gasteiger partial charge in [-0.05, 0) is 74.6 Å². The van der Waals surface area contributed by atoms with Crippen molar-refractivity contribution in [2.45, 2.75) is 54.2 Å². The standard InChI is InChI=1S/C27H29N5O7S.ClH/c33-25-21-16-17(3-10-22(21)28-25)24-29-23(39-31-24)2-1-15-38-19-6-8-20(9-7-19)40(36,37)27(26(34)30-35)11-13-32(14-12-27)18-4-5-18;/h3,6-10,16,18,35H,1-2,4-5,11-15H2,(H,28,33)(H,30,34);1H. The molecule has 3 N–H and O–H groups in total. The monoisotopic (exact) mass is 603 g/mol. The minimum absolute atomic E-state index is 0. The maximum Gasteiger partial charge on any atom is 0.265 e. The number of hydrogen-bond acceptors (Lipinski definition) is 10. The van der Waals surface area contributed by atoms with Gasteiger partial charge in [0.05, 0.1) is 22.8 Å². The van der Waals surface area contributed by atoms with Gasteiger partial charge in [-0.15, -0.1) is 12.4 Å². The predicted octanol–water partition coefficient (Wildman–Crippen LogP) is 3.01. The Morgan fingerprint density at radius 1 is 1.17 bits per heavy atom. The van der Waals surface area contributed by atoms with Gasteiger partial charge in [0.1, 0.15) is 5.75 Å². The van der Waals surface area contributed by atoms with Crippen molar-refractivity contribution >= 4 is 39.7 Å². The van der Waals surface area contributed by atoms with Gasteiger partial charge < -0.3 is 19.5 Å². The number of ether oxygens (including phenoxy) is 1. The van der Waals surface area contributed by atoms with E-state index in [1.807, 2.05) is 6.07 Å². The Labute approximate surface area is 242 Å². The molecule has 0 unspecified atom stereocenters. The molecule has 2 amide bonds. The summed E-state index contributed by atoms with van der Waals surface area (Å²) < 4.78 is 36.6. The molecule has 2 aromatic carbocycles. The van der Waals surface area contributed by atoms with E-state index in [-0.39, 0.29) is 36.1 Å². The second-order valence-electron chi connectivity index (χ2n) is 10.4. The van der Waals surface area contributed by atoms with Crippen LogP contribution in [0.5, 0.6) is 5.75 Å². The number of likely N-dealkylation sites (tertiary alicyclic amines) is 1. The summed E-state index contributed by atoms with van der Waals surface area (Å²) >= 11 is 0. The fraction of sp³-hybridized carbons (Fsp3) is 0.407. The average Bonchev–Trinajstić information content (AvgIpc) is 3.72. The Morgan fingerprint density at radius 2 is 1.90 bits per heavy atom. The summed E-state index contributed by atoms with van der Waals surface area (Å²) in [5.74, 6) is 0.300. The number of rotatable bonds is 10. The van der Waals surface area contributed by atoms with Crippen LogP contribution in [0.25, 0.3) is 11.4 Å². The predicted molar refractivity (Wildman–Crippen MR) is 149 cm³/mol. The Morgan fingerprint density at radius 3 is 2.56 bits per heavy atom. The van der Waals surface area contributed by atoms with Crippen LogP contribution in [0.1, 0.15) is 48.4 Å². The highest BCUT2D eigenvalue weighted by Gasteiger charge is 2.54. The van der Waals surface area contributed by atoms with Gasteiger partial charge >= 0.3 is 0 Å². The van der Waals surface area contributed by atoms with Crippen molar-refractivity contribution in [3.63, 3.8) is 0 Å². The average molecular weight is 604 g/mol. The number of sulfone groups is 1. The number of carbonyl (C=O) groups excluding carboxylic acids is 2. The molecule has 3 heterocycles. The molecule has 2 aliphatic heterocycles. The zero-order chi connectivity index (χ0) is 27.9. The summed E-state index contributed by atoms with van der Waals surface area (Å²) in [6.07, 6.45) is 3.48. The van der Waals surface area contributed by atoms with Gasteiger partial charge in [-0.2, -0.15) is 4.98 Å². The molecule has 218 valence electrons. The lowest BCUT2D eigenvalue weighted by atomic mass is 9.94. The highest BCUT2D eigenvalue weighted by Crippen LogP contribution is 2.39. The molecule has 0 spiro atoms. The van der Waals surface area contributed by atoms with E-state index < -0.39 is 20.5 Å².